The minimum atomic E-state index is -1.17. The van der Waals surface area contributed by atoms with Crippen molar-refractivity contribution in [3.63, 3.8) is 0 Å². The lowest BCUT2D eigenvalue weighted by atomic mass is 9.91. The monoisotopic (exact) mass is 458 g/mol. The van der Waals surface area contributed by atoms with Crippen LogP contribution in [0.2, 0.25) is 0 Å². The highest BCUT2D eigenvalue weighted by Gasteiger charge is 2.34. The van der Waals surface area contributed by atoms with Crippen LogP contribution in [-0.2, 0) is 0 Å². The number of amides is 2. The van der Waals surface area contributed by atoms with Gasteiger partial charge >= 0.3 is 0 Å². The fourth-order valence-electron chi connectivity index (χ4n) is 4.34. The van der Waals surface area contributed by atoms with Crippen LogP contribution in [0.1, 0.15) is 55.1 Å². The quantitative estimate of drug-likeness (QED) is 0.358. The summed E-state index contributed by atoms with van der Waals surface area (Å²) in [6.45, 7) is 1.48. The lowest BCUT2D eigenvalue weighted by Gasteiger charge is -2.20. The Kier molecular flexibility index (Phi) is 5.46. The summed E-state index contributed by atoms with van der Waals surface area (Å²) >= 11 is 1.49. The predicted molar refractivity (Wildman–Crippen MR) is 129 cm³/mol. The van der Waals surface area contributed by atoms with E-state index >= 15 is 0 Å². The Hall–Kier alpha value is -3.52. The zero-order valence-corrected chi connectivity index (χ0v) is 18.6. The van der Waals surface area contributed by atoms with E-state index < -0.39 is 18.8 Å². The van der Waals surface area contributed by atoms with Crippen LogP contribution in [0.4, 0.5) is 5.69 Å². The maximum Gasteiger partial charge on any atom is 0.257 e. The molecule has 4 N–H and O–H groups in total. The lowest BCUT2D eigenvalue weighted by molar-refractivity contribution is 0.0941. The van der Waals surface area contributed by atoms with Crippen LogP contribution in [0, 0.1) is 6.92 Å². The number of carbonyl (C=O) groups is 2. The van der Waals surface area contributed by atoms with Crippen LogP contribution in [-0.4, -0.2) is 28.6 Å². The van der Waals surface area contributed by atoms with Gasteiger partial charge < -0.3 is 20.8 Å². The number of aryl methyl sites for hydroxylation is 1. The number of hydrogen-bond donors (Lipinski definition) is 4. The third kappa shape index (κ3) is 3.70. The Morgan fingerprint density at radius 3 is 2.70 bits per heavy atom. The number of fused-ring (bicyclic) bond motifs is 2. The van der Waals surface area contributed by atoms with Crippen molar-refractivity contribution in [3.8, 4) is 0 Å². The molecule has 0 radical (unpaired) electrons. The van der Waals surface area contributed by atoms with Gasteiger partial charge in [-0.25, -0.2) is 0 Å². The average molecular weight is 459 g/mol. The van der Waals surface area contributed by atoms with Crippen molar-refractivity contribution >= 4 is 38.9 Å². The topological polar surface area (TPSA) is 98.7 Å². The summed E-state index contributed by atoms with van der Waals surface area (Å²) in [5.74, 6) is -0.588. The Morgan fingerprint density at radius 2 is 1.91 bits per heavy atom. The smallest absolute Gasteiger partial charge is 0.257 e. The second-order valence-corrected chi connectivity index (χ2v) is 9.00. The van der Waals surface area contributed by atoms with E-state index in [1.165, 1.54) is 11.3 Å². The maximum atomic E-state index is 13.3. The molecular weight excluding hydrogens is 436 g/mol. The molecule has 2 heterocycles. The molecule has 0 aliphatic carbocycles. The van der Waals surface area contributed by atoms with Crippen LogP contribution < -0.4 is 10.6 Å². The van der Waals surface area contributed by atoms with Gasteiger partial charge in [-0.3, -0.25) is 9.59 Å². The molecule has 3 aromatic carbocycles. The third-order valence-corrected chi connectivity index (χ3v) is 7.01. The van der Waals surface area contributed by atoms with Crippen molar-refractivity contribution in [2.45, 2.75) is 19.1 Å². The number of nitrogens with one attached hydrogen (secondary N) is 2. The molecule has 0 fully saturated rings. The van der Waals surface area contributed by atoms with Crippen LogP contribution in [0.5, 0.6) is 0 Å². The molecule has 2 amide bonds. The highest BCUT2D eigenvalue weighted by Crippen LogP contribution is 2.40. The molecule has 7 heteroatoms. The highest BCUT2D eigenvalue weighted by atomic mass is 32.1. The lowest BCUT2D eigenvalue weighted by Crippen LogP contribution is -2.21. The second-order valence-electron chi connectivity index (χ2n) is 8.09. The first-order chi connectivity index (χ1) is 16.0. The standard InChI is InChI=1S/C26H22N2O4S/c1-14-6-2-3-7-16(14)24-23-18(25(31)28-24)10-15(21(30)12-29)11-20(23)27-26(32)19-13-33-22-9-5-4-8-17(19)22/h2-11,13,21,24,29-30H,12H2,1H3,(H,27,32)(H,28,31). The van der Waals surface area contributed by atoms with E-state index in [1.54, 1.807) is 12.1 Å². The van der Waals surface area contributed by atoms with Crippen LogP contribution in [0.3, 0.4) is 0 Å². The SMILES string of the molecule is Cc1ccccc1C1NC(=O)c2cc(C(O)CO)cc(NC(=O)c3csc4ccccc34)c21. The number of carbonyl (C=O) groups excluding carboxylic acids is 2. The molecule has 6 nitrogen and oxygen atoms in total. The summed E-state index contributed by atoms with van der Waals surface area (Å²) in [6, 6.07) is 18.2. The summed E-state index contributed by atoms with van der Waals surface area (Å²) in [4.78, 5) is 26.2. The van der Waals surface area contributed by atoms with Gasteiger partial charge in [0.1, 0.15) is 6.10 Å². The normalized spacial score (nSPS) is 15.8. The maximum absolute atomic E-state index is 13.3. The summed E-state index contributed by atoms with van der Waals surface area (Å²) in [5, 5.41) is 28.4. The van der Waals surface area contributed by atoms with E-state index in [1.807, 2.05) is 60.8 Å². The van der Waals surface area contributed by atoms with E-state index in [2.05, 4.69) is 10.6 Å². The Bertz CT molecular complexity index is 1390. The van der Waals surface area contributed by atoms with Crippen LogP contribution >= 0.6 is 11.3 Å². The fraction of sp³-hybridized carbons (Fsp3) is 0.154. The number of aliphatic hydroxyl groups excluding tert-OH is 2. The van der Waals surface area contributed by atoms with E-state index in [-0.39, 0.29) is 11.8 Å². The zero-order chi connectivity index (χ0) is 23.1. The van der Waals surface area contributed by atoms with Crippen LogP contribution in [0.25, 0.3) is 10.1 Å². The van der Waals surface area contributed by atoms with Gasteiger partial charge in [0.25, 0.3) is 11.8 Å². The largest absolute Gasteiger partial charge is 0.393 e. The molecule has 166 valence electrons. The fourth-order valence-corrected chi connectivity index (χ4v) is 5.28. The van der Waals surface area contributed by atoms with E-state index in [0.717, 1.165) is 21.2 Å². The number of benzene rings is 3. The van der Waals surface area contributed by atoms with Crippen LogP contribution in [0.15, 0.2) is 66.0 Å². The van der Waals surface area contributed by atoms with Crippen molar-refractivity contribution in [1.29, 1.82) is 0 Å². The number of rotatable bonds is 5. The third-order valence-electron chi connectivity index (χ3n) is 6.04. The molecule has 1 aromatic heterocycles. The second kappa shape index (κ2) is 8.44. The summed E-state index contributed by atoms with van der Waals surface area (Å²) in [6.07, 6.45) is -1.17. The summed E-state index contributed by atoms with van der Waals surface area (Å²) < 4.78 is 1.01. The van der Waals surface area contributed by atoms with Crippen molar-refractivity contribution in [2.24, 2.45) is 0 Å². The predicted octanol–water partition coefficient (Wildman–Crippen LogP) is 4.32. The highest BCUT2D eigenvalue weighted by molar-refractivity contribution is 7.17. The van der Waals surface area contributed by atoms with Gasteiger partial charge in [-0.05, 0) is 41.8 Å². The molecule has 2 unspecified atom stereocenters. The van der Waals surface area contributed by atoms with Gasteiger partial charge in [0.2, 0.25) is 0 Å². The van der Waals surface area contributed by atoms with E-state index in [4.69, 9.17) is 0 Å². The van der Waals surface area contributed by atoms with Gasteiger partial charge in [0.05, 0.1) is 18.2 Å². The molecule has 2 atom stereocenters. The number of anilines is 1. The van der Waals surface area contributed by atoms with Gasteiger partial charge in [-0.2, -0.15) is 0 Å². The average Bonchev–Trinajstić information content (AvgIpc) is 3.40. The first-order valence-corrected chi connectivity index (χ1v) is 11.5. The van der Waals surface area contributed by atoms with E-state index in [9.17, 15) is 19.8 Å². The first kappa shape index (κ1) is 21.3. The Labute approximate surface area is 194 Å². The van der Waals surface area contributed by atoms with Gasteiger partial charge in [-0.15, -0.1) is 11.3 Å². The molecule has 1 aliphatic heterocycles. The van der Waals surface area contributed by atoms with Crippen molar-refractivity contribution in [3.05, 3.63) is 99.4 Å². The number of hydrogen-bond acceptors (Lipinski definition) is 5. The molecular formula is C26H22N2O4S. The zero-order valence-electron chi connectivity index (χ0n) is 17.8. The number of aliphatic hydroxyl groups is 2. The van der Waals surface area contributed by atoms with E-state index in [0.29, 0.717) is 27.9 Å². The molecule has 4 aromatic rings. The first-order valence-electron chi connectivity index (χ1n) is 10.6. The minimum Gasteiger partial charge on any atom is -0.393 e. The van der Waals surface area contributed by atoms with Crippen molar-refractivity contribution in [2.75, 3.05) is 11.9 Å². The Morgan fingerprint density at radius 1 is 1.15 bits per heavy atom. The number of thiophene rings is 1. The Balaban J connectivity index is 1.63. The van der Waals surface area contributed by atoms with Gasteiger partial charge in [0.15, 0.2) is 0 Å². The molecule has 5 rings (SSSR count). The van der Waals surface area contributed by atoms with Crippen molar-refractivity contribution < 1.29 is 19.8 Å². The molecule has 33 heavy (non-hydrogen) atoms. The minimum absolute atomic E-state index is 0.290. The van der Waals surface area contributed by atoms with Gasteiger partial charge in [0, 0.05) is 32.3 Å². The van der Waals surface area contributed by atoms with Gasteiger partial charge in [-0.1, -0.05) is 42.5 Å². The molecule has 0 bridgehead atoms. The molecule has 1 aliphatic rings. The summed E-state index contributed by atoms with van der Waals surface area (Å²) in [5.41, 5.74) is 4.30. The molecule has 0 saturated heterocycles. The summed E-state index contributed by atoms with van der Waals surface area (Å²) in [7, 11) is 0. The van der Waals surface area contributed by atoms with Crippen molar-refractivity contribution in [1.82, 2.24) is 5.32 Å². The molecule has 0 spiro atoms. The molecule has 0 saturated carbocycles.